The van der Waals surface area contributed by atoms with Crippen LogP contribution < -0.4 is 9.47 Å². The highest BCUT2D eigenvalue weighted by Gasteiger charge is 2.39. The maximum absolute atomic E-state index is 12.4. The molecule has 1 aliphatic heterocycles. The van der Waals surface area contributed by atoms with Gasteiger partial charge in [0.2, 0.25) is 0 Å². The number of carbonyl (C=O) groups is 1. The summed E-state index contributed by atoms with van der Waals surface area (Å²) in [6, 6.07) is 11.7. The highest BCUT2D eigenvalue weighted by Crippen LogP contribution is 2.55. The number of rotatable bonds is 6. The summed E-state index contributed by atoms with van der Waals surface area (Å²) < 4.78 is 18.5. The van der Waals surface area contributed by atoms with Gasteiger partial charge in [-0.05, 0) is 42.7 Å². The molecular formula is C24H24ClN3O4S. The highest BCUT2D eigenvalue weighted by molar-refractivity contribution is 8.00. The molecule has 33 heavy (non-hydrogen) atoms. The summed E-state index contributed by atoms with van der Waals surface area (Å²) in [5.41, 5.74) is 2.91. The van der Waals surface area contributed by atoms with E-state index in [9.17, 15) is 4.79 Å². The van der Waals surface area contributed by atoms with Crippen molar-refractivity contribution in [1.29, 1.82) is 0 Å². The van der Waals surface area contributed by atoms with Crippen molar-refractivity contribution < 1.29 is 19.0 Å². The van der Waals surface area contributed by atoms with Crippen molar-refractivity contribution in [2.75, 3.05) is 21.3 Å². The first-order valence-corrected chi connectivity index (χ1v) is 12.1. The number of fused-ring (bicyclic) bond motifs is 3. The Kier molecular flexibility index (Phi) is 5.97. The van der Waals surface area contributed by atoms with Crippen LogP contribution in [-0.4, -0.2) is 42.1 Å². The smallest absolute Gasteiger partial charge is 0.307 e. The van der Waals surface area contributed by atoms with Gasteiger partial charge in [-0.2, -0.15) is 0 Å². The summed E-state index contributed by atoms with van der Waals surface area (Å²) in [7, 11) is 4.66. The first kappa shape index (κ1) is 22.1. The number of benzene rings is 2. The first-order chi connectivity index (χ1) is 16.0. The van der Waals surface area contributed by atoms with Gasteiger partial charge < -0.3 is 14.2 Å². The van der Waals surface area contributed by atoms with Gasteiger partial charge >= 0.3 is 5.97 Å². The number of para-hydroxylation sites is 1. The second-order valence-electron chi connectivity index (χ2n) is 8.10. The third-order valence-electron chi connectivity index (χ3n) is 6.05. The van der Waals surface area contributed by atoms with Crippen LogP contribution in [0.3, 0.4) is 0 Å². The monoisotopic (exact) mass is 485 g/mol. The van der Waals surface area contributed by atoms with Crippen molar-refractivity contribution in [3.05, 3.63) is 64.2 Å². The van der Waals surface area contributed by atoms with E-state index in [-0.39, 0.29) is 22.9 Å². The molecule has 0 radical (unpaired) electrons. The Morgan fingerprint density at radius 1 is 1.09 bits per heavy atom. The lowest BCUT2D eigenvalue weighted by molar-refractivity contribution is -0.140. The van der Waals surface area contributed by atoms with Gasteiger partial charge in [-0.15, -0.1) is 22.0 Å². The zero-order chi connectivity index (χ0) is 23.1. The molecule has 7 nitrogen and oxygen atoms in total. The minimum atomic E-state index is -0.296. The van der Waals surface area contributed by atoms with Crippen LogP contribution in [0.15, 0.2) is 36.4 Å². The van der Waals surface area contributed by atoms with Crippen molar-refractivity contribution in [2.24, 2.45) is 0 Å². The lowest BCUT2D eigenvalue weighted by Crippen LogP contribution is -2.11. The van der Waals surface area contributed by atoms with E-state index in [1.807, 2.05) is 36.4 Å². The Morgan fingerprint density at radius 3 is 2.58 bits per heavy atom. The van der Waals surface area contributed by atoms with Gasteiger partial charge in [-0.1, -0.05) is 23.7 Å². The average Bonchev–Trinajstić information content (AvgIpc) is 3.61. The maximum atomic E-state index is 12.4. The van der Waals surface area contributed by atoms with Crippen LogP contribution in [0.5, 0.6) is 11.5 Å². The van der Waals surface area contributed by atoms with Crippen molar-refractivity contribution in [2.45, 2.75) is 35.7 Å². The van der Waals surface area contributed by atoms with E-state index in [2.05, 4.69) is 14.8 Å². The summed E-state index contributed by atoms with van der Waals surface area (Å²) in [4.78, 5) is 12.4. The van der Waals surface area contributed by atoms with E-state index < -0.39 is 0 Å². The van der Waals surface area contributed by atoms with Crippen LogP contribution >= 0.6 is 23.4 Å². The quantitative estimate of drug-likeness (QED) is 0.441. The molecule has 172 valence electrons. The lowest BCUT2D eigenvalue weighted by Gasteiger charge is -2.23. The number of ether oxygens (including phenoxy) is 3. The van der Waals surface area contributed by atoms with Gasteiger partial charge in [0.05, 0.1) is 43.9 Å². The molecule has 0 N–H and O–H groups in total. The summed E-state index contributed by atoms with van der Waals surface area (Å²) in [6.07, 6.45) is 2.35. The standard InChI is InChI=1S/C24H24ClN3O4S/c1-30-18-6-4-5-15(21(18)32-3)22-16-11-14(25)9-10-17(16)28-23(13-7-8-13)26-27-24(28)19(33-22)12-20(29)31-2/h4-6,9-11,13,19,22H,7-8,12H2,1-3H3. The SMILES string of the molecule is COC(=O)CC1SC(c2cccc(OC)c2OC)c2cc(Cl)ccc2-n2c(C3CC3)nnc21. The van der Waals surface area contributed by atoms with Crippen LogP contribution in [0.2, 0.25) is 5.02 Å². The fraction of sp³-hybridized carbons (Fsp3) is 0.375. The summed E-state index contributed by atoms with van der Waals surface area (Å²) in [5, 5.41) is 9.28. The average molecular weight is 486 g/mol. The predicted octanol–water partition coefficient (Wildman–Crippen LogP) is 5.26. The van der Waals surface area contributed by atoms with Crippen molar-refractivity contribution in [3.63, 3.8) is 0 Å². The molecule has 1 saturated carbocycles. The van der Waals surface area contributed by atoms with E-state index in [1.165, 1.54) is 7.11 Å². The molecule has 5 rings (SSSR count). The topological polar surface area (TPSA) is 75.5 Å². The molecule has 2 heterocycles. The third kappa shape index (κ3) is 3.95. The molecule has 0 spiro atoms. The van der Waals surface area contributed by atoms with Gasteiger partial charge in [0, 0.05) is 16.5 Å². The van der Waals surface area contributed by atoms with Crippen LogP contribution in [0.1, 0.15) is 58.5 Å². The largest absolute Gasteiger partial charge is 0.493 e. The molecule has 0 amide bonds. The zero-order valence-electron chi connectivity index (χ0n) is 18.6. The molecule has 3 aromatic rings. The number of thioether (sulfide) groups is 1. The molecule has 1 fully saturated rings. The Labute approximate surface area is 201 Å². The van der Waals surface area contributed by atoms with Crippen molar-refractivity contribution in [3.8, 4) is 17.2 Å². The number of nitrogens with zero attached hydrogens (tertiary/aromatic N) is 3. The van der Waals surface area contributed by atoms with Crippen molar-refractivity contribution in [1.82, 2.24) is 14.8 Å². The predicted molar refractivity (Wildman–Crippen MR) is 127 cm³/mol. The molecule has 1 aromatic heterocycles. The summed E-state index contributed by atoms with van der Waals surface area (Å²) in [6.45, 7) is 0. The van der Waals surface area contributed by atoms with Gasteiger partial charge in [-0.3, -0.25) is 9.36 Å². The minimum absolute atomic E-state index is 0.175. The third-order valence-corrected chi connectivity index (χ3v) is 7.77. The molecule has 9 heteroatoms. The van der Waals surface area contributed by atoms with Gasteiger partial charge in [0.25, 0.3) is 0 Å². The molecular weight excluding hydrogens is 462 g/mol. The van der Waals surface area contributed by atoms with E-state index >= 15 is 0 Å². The molecule has 2 atom stereocenters. The lowest BCUT2D eigenvalue weighted by atomic mass is 10.0. The molecule has 2 unspecified atom stereocenters. The van der Waals surface area contributed by atoms with E-state index in [4.69, 9.17) is 25.8 Å². The van der Waals surface area contributed by atoms with Crippen LogP contribution in [0.4, 0.5) is 0 Å². The van der Waals surface area contributed by atoms with E-state index in [1.54, 1.807) is 26.0 Å². The molecule has 2 aromatic carbocycles. The minimum Gasteiger partial charge on any atom is -0.493 e. The van der Waals surface area contributed by atoms with Crippen LogP contribution in [-0.2, 0) is 9.53 Å². The molecule has 0 bridgehead atoms. The second kappa shape index (κ2) is 8.91. The molecule has 0 saturated heterocycles. The number of carbonyl (C=O) groups excluding carboxylic acids is 1. The fourth-order valence-corrected chi connectivity index (χ4v) is 6.02. The second-order valence-corrected chi connectivity index (χ2v) is 9.85. The Morgan fingerprint density at radius 2 is 1.88 bits per heavy atom. The number of esters is 1. The van der Waals surface area contributed by atoms with E-state index in [0.29, 0.717) is 22.4 Å². The fourth-order valence-electron chi connectivity index (χ4n) is 4.34. The number of hydrogen-bond donors (Lipinski definition) is 0. The molecule has 2 aliphatic rings. The number of methoxy groups -OCH3 is 3. The Bertz CT molecular complexity index is 1210. The Balaban J connectivity index is 1.75. The molecule has 1 aliphatic carbocycles. The maximum Gasteiger partial charge on any atom is 0.307 e. The number of halogens is 1. The van der Waals surface area contributed by atoms with E-state index in [0.717, 1.165) is 41.3 Å². The number of aromatic nitrogens is 3. The normalized spacial score (nSPS) is 19.3. The first-order valence-electron chi connectivity index (χ1n) is 10.7. The van der Waals surface area contributed by atoms with Crippen LogP contribution in [0, 0.1) is 0 Å². The van der Waals surface area contributed by atoms with Crippen molar-refractivity contribution >= 4 is 29.3 Å². The highest BCUT2D eigenvalue weighted by atomic mass is 35.5. The van der Waals surface area contributed by atoms with Gasteiger partial charge in [0.1, 0.15) is 5.82 Å². The summed E-state index contributed by atoms with van der Waals surface area (Å²) >= 11 is 8.11. The number of hydrogen-bond acceptors (Lipinski definition) is 7. The van der Waals surface area contributed by atoms with Gasteiger partial charge in [-0.25, -0.2) is 0 Å². The van der Waals surface area contributed by atoms with Crippen LogP contribution in [0.25, 0.3) is 5.69 Å². The Hall–Kier alpha value is -2.71. The summed E-state index contributed by atoms with van der Waals surface area (Å²) in [5.74, 6) is 3.06. The van der Waals surface area contributed by atoms with Gasteiger partial charge in [0.15, 0.2) is 17.3 Å². The zero-order valence-corrected chi connectivity index (χ0v) is 20.2.